The monoisotopic (exact) mass is 407 g/mol. The van der Waals surface area contributed by atoms with Gasteiger partial charge in [-0.25, -0.2) is 0 Å². The van der Waals surface area contributed by atoms with Gasteiger partial charge in [-0.05, 0) is 61.1 Å². The van der Waals surface area contributed by atoms with Gasteiger partial charge in [-0.2, -0.15) is 0 Å². The Kier molecular flexibility index (Phi) is 5.20. The van der Waals surface area contributed by atoms with Crippen LogP contribution in [-0.4, -0.2) is 42.3 Å². The van der Waals surface area contributed by atoms with Crippen molar-refractivity contribution in [2.75, 3.05) is 19.0 Å². The predicted molar refractivity (Wildman–Crippen MR) is 113 cm³/mol. The Labute approximate surface area is 175 Å². The van der Waals surface area contributed by atoms with Gasteiger partial charge in [-0.3, -0.25) is 14.4 Å². The van der Waals surface area contributed by atoms with Crippen LogP contribution in [0.1, 0.15) is 25.7 Å². The topological polar surface area (TPSA) is 102 Å². The molecule has 2 aliphatic rings. The van der Waals surface area contributed by atoms with Crippen LogP contribution in [-0.2, 0) is 14.4 Å². The minimum atomic E-state index is -1.10. The SMILES string of the molecule is COc1cccc(-c2ccc(NC(=O)C3CCCN3C(=O)C3(C(N)=O)CC3)cc2)c1. The number of anilines is 1. The summed E-state index contributed by atoms with van der Waals surface area (Å²) in [6.07, 6.45) is 2.25. The van der Waals surface area contributed by atoms with Gasteiger partial charge in [0.25, 0.3) is 0 Å². The molecular weight excluding hydrogens is 382 g/mol. The standard InChI is InChI=1S/C23H25N3O4/c1-30-18-5-2-4-16(14-18)15-7-9-17(10-8-15)25-20(27)19-6-3-13-26(19)22(29)23(11-12-23)21(24)28/h2,4-5,7-10,14,19H,3,6,11-13H2,1H3,(H2,24,28)(H,25,27). The number of ether oxygens (including phenoxy) is 1. The largest absolute Gasteiger partial charge is 0.497 e. The second-order valence-electron chi connectivity index (χ2n) is 7.90. The lowest BCUT2D eigenvalue weighted by atomic mass is 10.0. The van der Waals surface area contributed by atoms with E-state index in [0.717, 1.165) is 23.3 Å². The summed E-state index contributed by atoms with van der Waals surface area (Å²) in [7, 11) is 1.63. The molecule has 2 aromatic carbocycles. The molecule has 1 unspecified atom stereocenters. The fourth-order valence-electron chi connectivity index (χ4n) is 4.02. The first-order valence-electron chi connectivity index (χ1n) is 10.1. The van der Waals surface area contributed by atoms with Crippen molar-refractivity contribution in [1.82, 2.24) is 4.90 Å². The molecule has 4 rings (SSSR count). The molecule has 1 heterocycles. The summed E-state index contributed by atoms with van der Waals surface area (Å²) < 4.78 is 5.26. The number of amides is 3. The van der Waals surface area contributed by atoms with Gasteiger partial charge in [0.1, 0.15) is 17.2 Å². The average Bonchev–Trinajstić information content (AvgIpc) is 3.44. The van der Waals surface area contributed by atoms with Crippen LogP contribution in [0.4, 0.5) is 5.69 Å². The first kappa shape index (κ1) is 19.9. The number of carbonyl (C=O) groups is 3. The van der Waals surface area contributed by atoms with Gasteiger partial charge < -0.3 is 20.7 Å². The third-order valence-electron chi connectivity index (χ3n) is 6.00. The highest BCUT2D eigenvalue weighted by Crippen LogP contribution is 2.48. The van der Waals surface area contributed by atoms with Gasteiger partial charge in [0.2, 0.25) is 17.7 Å². The highest BCUT2D eigenvalue weighted by molar-refractivity contribution is 6.09. The lowest BCUT2D eigenvalue weighted by molar-refractivity contribution is -0.146. The van der Waals surface area contributed by atoms with E-state index in [-0.39, 0.29) is 11.8 Å². The van der Waals surface area contributed by atoms with E-state index in [4.69, 9.17) is 10.5 Å². The first-order chi connectivity index (χ1) is 14.4. The lowest BCUT2D eigenvalue weighted by Crippen LogP contribution is -2.49. The Morgan fingerprint density at radius 2 is 1.83 bits per heavy atom. The van der Waals surface area contributed by atoms with Crippen LogP contribution in [0.3, 0.4) is 0 Å². The van der Waals surface area contributed by atoms with Gasteiger partial charge in [-0.15, -0.1) is 0 Å². The van der Waals surface area contributed by atoms with Gasteiger partial charge >= 0.3 is 0 Å². The molecule has 1 aliphatic heterocycles. The number of methoxy groups -OCH3 is 1. The van der Waals surface area contributed by atoms with E-state index in [1.807, 2.05) is 48.5 Å². The Morgan fingerprint density at radius 1 is 1.10 bits per heavy atom. The average molecular weight is 407 g/mol. The highest BCUT2D eigenvalue weighted by atomic mass is 16.5. The molecule has 3 amide bonds. The number of nitrogens with one attached hydrogen (secondary N) is 1. The molecule has 2 fully saturated rings. The third-order valence-corrected chi connectivity index (χ3v) is 6.00. The fraction of sp³-hybridized carbons (Fsp3) is 0.348. The molecule has 2 aromatic rings. The van der Waals surface area contributed by atoms with E-state index in [1.165, 1.54) is 4.90 Å². The van der Waals surface area contributed by atoms with Crippen molar-refractivity contribution in [3.05, 3.63) is 48.5 Å². The van der Waals surface area contributed by atoms with Crippen LogP contribution < -0.4 is 15.8 Å². The smallest absolute Gasteiger partial charge is 0.247 e. The van der Waals surface area contributed by atoms with Crippen LogP contribution in [0.5, 0.6) is 5.75 Å². The second-order valence-corrected chi connectivity index (χ2v) is 7.90. The summed E-state index contributed by atoms with van der Waals surface area (Å²) >= 11 is 0. The van der Waals surface area contributed by atoms with Crippen LogP contribution >= 0.6 is 0 Å². The number of carbonyl (C=O) groups excluding carboxylic acids is 3. The van der Waals surface area contributed by atoms with Crippen LogP contribution in [0.25, 0.3) is 11.1 Å². The lowest BCUT2D eigenvalue weighted by Gasteiger charge is -2.27. The van der Waals surface area contributed by atoms with Crippen molar-refractivity contribution in [1.29, 1.82) is 0 Å². The number of hydrogen-bond acceptors (Lipinski definition) is 4. The zero-order chi connectivity index (χ0) is 21.3. The minimum absolute atomic E-state index is 0.241. The normalized spacial score (nSPS) is 19.2. The van der Waals surface area contributed by atoms with Gasteiger partial charge in [0, 0.05) is 12.2 Å². The maximum Gasteiger partial charge on any atom is 0.247 e. The molecule has 30 heavy (non-hydrogen) atoms. The maximum atomic E-state index is 12.8. The Morgan fingerprint density at radius 3 is 2.47 bits per heavy atom. The summed E-state index contributed by atoms with van der Waals surface area (Å²) in [5, 5.41) is 2.90. The van der Waals surface area contributed by atoms with Gasteiger partial charge in [0.05, 0.1) is 7.11 Å². The molecule has 0 radical (unpaired) electrons. The minimum Gasteiger partial charge on any atom is -0.497 e. The number of benzene rings is 2. The van der Waals surface area contributed by atoms with E-state index >= 15 is 0 Å². The van der Waals surface area contributed by atoms with Crippen molar-refractivity contribution in [3.8, 4) is 16.9 Å². The van der Waals surface area contributed by atoms with E-state index in [0.29, 0.717) is 31.5 Å². The predicted octanol–water partition coefficient (Wildman–Crippen LogP) is 2.56. The molecule has 0 spiro atoms. The molecule has 3 N–H and O–H groups in total. The van der Waals surface area contributed by atoms with Crippen LogP contribution in [0, 0.1) is 5.41 Å². The molecule has 156 valence electrons. The van der Waals surface area contributed by atoms with E-state index in [9.17, 15) is 14.4 Å². The number of likely N-dealkylation sites (tertiary alicyclic amines) is 1. The molecule has 7 heteroatoms. The Hall–Kier alpha value is -3.35. The molecular formula is C23H25N3O4. The highest BCUT2D eigenvalue weighted by Gasteiger charge is 2.58. The molecule has 1 aliphatic carbocycles. The Balaban J connectivity index is 1.44. The number of primary amides is 1. The summed E-state index contributed by atoms with van der Waals surface area (Å²) in [4.78, 5) is 38.9. The zero-order valence-electron chi connectivity index (χ0n) is 16.9. The summed E-state index contributed by atoms with van der Waals surface area (Å²) in [6, 6.07) is 14.7. The van der Waals surface area contributed by atoms with Crippen molar-refractivity contribution in [3.63, 3.8) is 0 Å². The molecule has 1 saturated heterocycles. The Bertz CT molecular complexity index is 982. The molecule has 0 aromatic heterocycles. The fourth-order valence-corrected chi connectivity index (χ4v) is 4.02. The van der Waals surface area contributed by atoms with Crippen molar-refractivity contribution in [2.24, 2.45) is 11.1 Å². The summed E-state index contributed by atoms with van der Waals surface area (Å²) in [5.41, 5.74) is 7.01. The van der Waals surface area contributed by atoms with Gasteiger partial charge in [0.15, 0.2) is 0 Å². The van der Waals surface area contributed by atoms with Crippen molar-refractivity contribution >= 4 is 23.4 Å². The number of nitrogens with two attached hydrogens (primary N) is 1. The number of hydrogen-bond donors (Lipinski definition) is 2. The van der Waals surface area contributed by atoms with Crippen molar-refractivity contribution < 1.29 is 19.1 Å². The second kappa shape index (κ2) is 7.82. The maximum absolute atomic E-state index is 12.8. The third kappa shape index (κ3) is 3.63. The van der Waals surface area contributed by atoms with E-state index < -0.39 is 17.4 Å². The van der Waals surface area contributed by atoms with Crippen LogP contribution in [0.2, 0.25) is 0 Å². The molecule has 7 nitrogen and oxygen atoms in total. The summed E-state index contributed by atoms with van der Waals surface area (Å²) in [6.45, 7) is 0.473. The van der Waals surface area contributed by atoms with Crippen LogP contribution in [0.15, 0.2) is 48.5 Å². The molecule has 1 atom stereocenters. The van der Waals surface area contributed by atoms with Gasteiger partial charge in [-0.1, -0.05) is 24.3 Å². The molecule has 1 saturated carbocycles. The number of nitrogens with zero attached hydrogens (tertiary/aromatic N) is 1. The summed E-state index contributed by atoms with van der Waals surface area (Å²) in [5.74, 6) is -0.358. The van der Waals surface area contributed by atoms with E-state index in [1.54, 1.807) is 7.11 Å². The first-order valence-corrected chi connectivity index (χ1v) is 10.1. The van der Waals surface area contributed by atoms with Crippen molar-refractivity contribution in [2.45, 2.75) is 31.7 Å². The quantitative estimate of drug-likeness (QED) is 0.719. The number of rotatable bonds is 6. The van der Waals surface area contributed by atoms with E-state index in [2.05, 4.69) is 5.32 Å². The molecule has 0 bridgehead atoms. The zero-order valence-corrected chi connectivity index (χ0v) is 16.9.